The monoisotopic (exact) mass is 272 g/mol. The van der Waals surface area contributed by atoms with E-state index in [-0.39, 0.29) is 17.5 Å². The van der Waals surface area contributed by atoms with Crippen LogP contribution in [-0.2, 0) is 0 Å². The maximum atomic E-state index is 12.1. The van der Waals surface area contributed by atoms with E-state index in [9.17, 15) is 9.90 Å². The number of thiazole rings is 1. The lowest BCUT2D eigenvalue weighted by Crippen LogP contribution is -2.08. The Labute approximate surface area is 114 Å². The number of Topliss-reactive ketones (excluding diaryl/α,β-unsaturated/α-hetero) is 1. The molecule has 96 valence electrons. The van der Waals surface area contributed by atoms with Gasteiger partial charge in [0.15, 0.2) is 5.78 Å². The van der Waals surface area contributed by atoms with Gasteiger partial charge in [0.2, 0.25) is 0 Å². The molecule has 1 unspecified atom stereocenters. The van der Waals surface area contributed by atoms with Crippen LogP contribution in [0.2, 0.25) is 0 Å². The van der Waals surface area contributed by atoms with Gasteiger partial charge in [-0.2, -0.15) is 0 Å². The number of allylic oxidation sites excluding steroid dienone is 4. The lowest BCUT2D eigenvalue weighted by atomic mass is 9.94. The molecule has 1 aliphatic carbocycles. The normalized spacial score (nSPS) is 20.8. The summed E-state index contributed by atoms with van der Waals surface area (Å²) in [6.45, 7) is 0. The number of rotatable bonds is 3. The van der Waals surface area contributed by atoms with E-state index in [2.05, 4.69) is 10.3 Å². The van der Waals surface area contributed by atoms with Gasteiger partial charge >= 0.3 is 0 Å². The van der Waals surface area contributed by atoms with Gasteiger partial charge in [-0.25, -0.2) is 4.98 Å². The molecule has 0 spiro atoms. The molecule has 0 bridgehead atoms. The average molecular weight is 272 g/mol. The van der Waals surface area contributed by atoms with Gasteiger partial charge in [-0.3, -0.25) is 4.79 Å². The van der Waals surface area contributed by atoms with Crippen LogP contribution in [0.4, 0.5) is 0 Å². The zero-order valence-corrected chi connectivity index (χ0v) is 10.9. The molecule has 4 nitrogen and oxygen atoms in total. The Bertz CT molecular complexity index is 624. The predicted octanol–water partition coefficient (Wildman–Crippen LogP) is 2.71. The van der Waals surface area contributed by atoms with Crippen molar-refractivity contribution >= 4 is 17.1 Å². The minimum Gasteiger partial charge on any atom is -0.508 e. The van der Waals surface area contributed by atoms with E-state index in [4.69, 9.17) is 0 Å². The number of carbonyl (C=O) groups excluding carboxylic acids is 1. The highest BCUT2D eigenvalue weighted by Gasteiger charge is 2.25. The third kappa shape index (κ3) is 2.37. The summed E-state index contributed by atoms with van der Waals surface area (Å²) in [4.78, 5) is 16.1. The first kappa shape index (κ1) is 11.9. The van der Waals surface area contributed by atoms with Crippen LogP contribution in [0.5, 0.6) is 0 Å². The summed E-state index contributed by atoms with van der Waals surface area (Å²) >= 11 is 1.42. The summed E-state index contributed by atoms with van der Waals surface area (Å²) in [5.74, 6) is 0.266. The van der Waals surface area contributed by atoms with Crippen molar-refractivity contribution in [3.8, 4) is 0 Å². The summed E-state index contributed by atoms with van der Waals surface area (Å²) in [7, 11) is 0. The lowest BCUT2D eigenvalue weighted by Gasteiger charge is -2.09. The van der Waals surface area contributed by atoms with Crippen molar-refractivity contribution in [3.05, 3.63) is 64.1 Å². The molecule has 1 aromatic heterocycles. The highest BCUT2D eigenvalue weighted by Crippen LogP contribution is 2.30. The molecule has 3 rings (SSSR count). The molecule has 0 saturated carbocycles. The third-order valence-electron chi connectivity index (χ3n) is 3.13. The average Bonchev–Trinajstić information content (AvgIpc) is 3.00. The lowest BCUT2D eigenvalue weighted by molar-refractivity contribution is 0.0987. The number of aliphatic hydroxyl groups is 1. The summed E-state index contributed by atoms with van der Waals surface area (Å²) in [6, 6.07) is 0. The van der Waals surface area contributed by atoms with Gasteiger partial charge in [-0.05, 0) is 23.8 Å². The summed E-state index contributed by atoms with van der Waals surface area (Å²) in [5, 5.41) is 14.4. The first-order chi connectivity index (χ1) is 9.24. The maximum absolute atomic E-state index is 12.1. The van der Waals surface area contributed by atoms with Gasteiger partial charge in [0.05, 0.1) is 5.51 Å². The predicted molar refractivity (Wildman–Crippen MR) is 73.7 cm³/mol. The second kappa shape index (κ2) is 4.85. The largest absolute Gasteiger partial charge is 0.508 e. The molecule has 2 heterocycles. The Morgan fingerprint density at radius 3 is 3.16 bits per heavy atom. The van der Waals surface area contributed by atoms with Crippen molar-refractivity contribution in [1.29, 1.82) is 0 Å². The quantitative estimate of drug-likeness (QED) is 0.830. The summed E-state index contributed by atoms with van der Waals surface area (Å²) < 4.78 is 0. The molecule has 2 N–H and O–H groups in total. The van der Waals surface area contributed by atoms with E-state index >= 15 is 0 Å². The minimum atomic E-state index is 0.0189. The molecule has 5 heteroatoms. The Balaban J connectivity index is 1.77. The number of hydrogen-bond acceptors (Lipinski definition) is 5. The molecule has 1 aromatic rings. The van der Waals surface area contributed by atoms with E-state index in [0.717, 1.165) is 11.3 Å². The Morgan fingerprint density at radius 1 is 1.47 bits per heavy atom. The van der Waals surface area contributed by atoms with Crippen LogP contribution in [0.25, 0.3) is 0 Å². The third-order valence-corrected chi connectivity index (χ3v) is 3.72. The van der Waals surface area contributed by atoms with Gasteiger partial charge in [-0.1, -0.05) is 6.08 Å². The molecular formula is C14H12N2O2S. The molecule has 0 saturated heterocycles. The molecule has 19 heavy (non-hydrogen) atoms. The van der Waals surface area contributed by atoms with Crippen molar-refractivity contribution in [2.45, 2.75) is 6.42 Å². The number of nitrogens with one attached hydrogen (secondary N) is 1. The Morgan fingerprint density at radius 2 is 2.37 bits per heavy atom. The van der Waals surface area contributed by atoms with Crippen LogP contribution >= 0.6 is 11.3 Å². The second-order valence-corrected chi connectivity index (χ2v) is 5.11. The van der Waals surface area contributed by atoms with Crippen LogP contribution in [-0.4, -0.2) is 15.9 Å². The number of carbonyl (C=O) groups is 1. The fourth-order valence-electron chi connectivity index (χ4n) is 2.15. The van der Waals surface area contributed by atoms with Crippen LogP contribution in [0.15, 0.2) is 58.4 Å². The number of ketones is 1. The van der Waals surface area contributed by atoms with E-state index in [1.165, 1.54) is 11.3 Å². The number of aliphatic hydroxyl groups excluding tert-OH is 1. The van der Waals surface area contributed by atoms with Gasteiger partial charge in [0, 0.05) is 29.6 Å². The molecule has 2 aliphatic rings. The number of nitrogens with zero attached hydrogens (tertiary/aromatic N) is 1. The standard InChI is InChI=1S/C14H12N2O2S/c17-10-1-3-11-9(6-15-12(11)4-2-10)5-14(18)13-7-19-8-16-13/h1-4,6-8,11,15,17H,5H2. The first-order valence-corrected chi connectivity index (χ1v) is 6.84. The minimum absolute atomic E-state index is 0.0189. The van der Waals surface area contributed by atoms with E-state index in [1.54, 1.807) is 23.0 Å². The van der Waals surface area contributed by atoms with E-state index in [1.807, 2.05) is 18.4 Å². The maximum Gasteiger partial charge on any atom is 0.186 e. The number of aromatic nitrogens is 1. The van der Waals surface area contributed by atoms with Gasteiger partial charge in [-0.15, -0.1) is 11.3 Å². The van der Waals surface area contributed by atoms with Crippen molar-refractivity contribution in [2.75, 3.05) is 0 Å². The van der Waals surface area contributed by atoms with Crippen LogP contribution in [0, 0.1) is 5.92 Å². The van der Waals surface area contributed by atoms with E-state index < -0.39 is 0 Å². The van der Waals surface area contributed by atoms with Crippen LogP contribution < -0.4 is 5.32 Å². The molecule has 0 aromatic carbocycles. The second-order valence-electron chi connectivity index (χ2n) is 4.39. The zero-order chi connectivity index (χ0) is 13.2. The molecular weight excluding hydrogens is 260 g/mol. The number of hydrogen-bond donors (Lipinski definition) is 2. The molecule has 0 amide bonds. The van der Waals surface area contributed by atoms with Crippen LogP contribution in [0.1, 0.15) is 16.9 Å². The SMILES string of the molecule is O=C(CC1=CNC2=CC=C(O)C=CC12)c1cscn1. The van der Waals surface area contributed by atoms with Crippen molar-refractivity contribution in [2.24, 2.45) is 5.92 Å². The molecule has 1 aliphatic heterocycles. The Kier molecular flexibility index (Phi) is 3.05. The van der Waals surface area contributed by atoms with Gasteiger partial charge in [0.1, 0.15) is 11.5 Å². The summed E-state index contributed by atoms with van der Waals surface area (Å²) in [6.07, 6.45) is 9.22. The highest BCUT2D eigenvalue weighted by atomic mass is 32.1. The van der Waals surface area contributed by atoms with E-state index in [0.29, 0.717) is 12.1 Å². The molecule has 0 radical (unpaired) electrons. The Hall–Kier alpha value is -2.14. The van der Waals surface area contributed by atoms with Gasteiger partial charge < -0.3 is 10.4 Å². The molecule has 0 fully saturated rings. The highest BCUT2D eigenvalue weighted by molar-refractivity contribution is 7.07. The summed E-state index contributed by atoms with van der Waals surface area (Å²) in [5.41, 5.74) is 4.14. The van der Waals surface area contributed by atoms with Gasteiger partial charge in [0.25, 0.3) is 0 Å². The zero-order valence-electron chi connectivity index (χ0n) is 10.0. The smallest absolute Gasteiger partial charge is 0.186 e. The molecule has 1 atom stereocenters. The fraction of sp³-hybridized carbons (Fsp3) is 0.143. The first-order valence-electron chi connectivity index (χ1n) is 5.90. The fourth-order valence-corrected chi connectivity index (χ4v) is 2.70. The van der Waals surface area contributed by atoms with Crippen molar-refractivity contribution in [1.82, 2.24) is 10.3 Å². The topological polar surface area (TPSA) is 62.2 Å². The van der Waals surface area contributed by atoms with Crippen molar-refractivity contribution in [3.63, 3.8) is 0 Å². The van der Waals surface area contributed by atoms with Crippen LogP contribution in [0.3, 0.4) is 0 Å². The van der Waals surface area contributed by atoms with Crippen molar-refractivity contribution < 1.29 is 9.90 Å². The number of fused-ring (bicyclic) bond motifs is 1.